The predicted octanol–water partition coefficient (Wildman–Crippen LogP) is 2.52. The number of fused-ring (bicyclic) bond motifs is 1. The molecule has 19 heavy (non-hydrogen) atoms. The maximum atomic E-state index is 12.2. The van der Waals surface area contributed by atoms with Gasteiger partial charge in [-0.05, 0) is 25.1 Å². The SMILES string of the molecule is Cc1sc2ccc(Cl)cc2c1S(=O)(=O)NCCN.Cl. The molecular weight excluding hydrogens is 327 g/mol. The molecule has 3 N–H and O–H groups in total. The normalized spacial score (nSPS) is 11.5. The Morgan fingerprint density at radius 1 is 1.42 bits per heavy atom. The Kier molecular flexibility index (Phi) is 5.61. The molecule has 0 spiro atoms. The second-order valence-corrected chi connectivity index (χ2v) is 7.21. The highest BCUT2D eigenvalue weighted by Gasteiger charge is 2.22. The van der Waals surface area contributed by atoms with Crippen molar-refractivity contribution in [1.82, 2.24) is 4.72 Å². The molecule has 8 heteroatoms. The molecule has 0 aliphatic heterocycles. The molecule has 0 radical (unpaired) electrons. The number of sulfonamides is 1. The van der Waals surface area contributed by atoms with E-state index in [1.165, 1.54) is 11.3 Å². The molecule has 0 fully saturated rings. The Hall–Kier alpha value is -0.370. The van der Waals surface area contributed by atoms with Gasteiger partial charge in [-0.3, -0.25) is 0 Å². The van der Waals surface area contributed by atoms with Gasteiger partial charge in [-0.15, -0.1) is 23.7 Å². The van der Waals surface area contributed by atoms with Crippen molar-refractivity contribution in [1.29, 1.82) is 0 Å². The van der Waals surface area contributed by atoms with Crippen molar-refractivity contribution in [3.8, 4) is 0 Å². The van der Waals surface area contributed by atoms with Crippen LogP contribution in [0.4, 0.5) is 0 Å². The summed E-state index contributed by atoms with van der Waals surface area (Å²) in [5.74, 6) is 0. The quantitative estimate of drug-likeness (QED) is 0.898. The summed E-state index contributed by atoms with van der Waals surface area (Å²) in [6.45, 7) is 2.27. The zero-order valence-electron chi connectivity index (χ0n) is 10.1. The van der Waals surface area contributed by atoms with Crippen LogP contribution in [0.15, 0.2) is 23.1 Å². The third kappa shape index (κ3) is 3.39. The van der Waals surface area contributed by atoms with Gasteiger partial charge in [0.05, 0.1) is 0 Å². The minimum absolute atomic E-state index is 0. The number of benzene rings is 1. The maximum absolute atomic E-state index is 12.2. The molecule has 2 rings (SSSR count). The van der Waals surface area contributed by atoms with E-state index in [1.807, 2.05) is 6.07 Å². The Morgan fingerprint density at radius 3 is 2.74 bits per heavy atom. The first-order valence-corrected chi connectivity index (χ1v) is 8.02. The van der Waals surface area contributed by atoms with Gasteiger partial charge >= 0.3 is 0 Å². The van der Waals surface area contributed by atoms with Gasteiger partial charge in [0.1, 0.15) is 4.90 Å². The van der Waals surface area contributed by atoms with Crippen LogP contribution in [0.2, 0.25) is 5.02 Å². The van der Waals surface area contributed by atoms with Crippen LogP contribution in [0, 0.1) is 6.92 Å². The van der Waals surface area contributed by atoms with E-state index in [-0.39, 0.29) is 25.5 Å². The Morgan fingerprint density at radius 2 is 2.11 bits per heavy atom. The van der Waals surface area contributed by atoms with Crippen LogP contribution in [-0.4, -0.2) is 21.5 Å². The summed E-state index contributed by atoms with van der Waals surface area (Å²) in [5.41, 5.74) is 5.32. The third-order valence-corrected chi connectivity index (χ3v) is 5.57. The highest BCUT2D eigenvalue weighted by molar-refractivity contribution is 7.90. The summed E-state index contributed by atoms with van der Waals surface area (Å²) < 4.78 is 27.8. The predicted molar refractivity (Wildman–Crippen MR) is 83.1 cm³/mol. The van der Waals surface area contributed by atoms with E-state index in [0.29, 0.717) is 15.3 Å². The van der Waals surface area contributed by atoms with Gasteiger partial charge in [-0.25, -0.2) is 13.1 Å². The first-order valence-electron chi connectivity index (χ1n) is 5.34. The molecule has 1 aromatic carbocycles. The summed E-state index contributed by atoms with van der Waals surface area (Å²) in [4.78, 5) is 1.05. The Balaban J connectivity index is 0.00000180. The zero-order chi connectivity index (χ0) is 13.3. The van der Waals surface area contributed by atoms with E-state index < -0.39 is 10.0 Å². The van der Waals surface area contributed by atoms with Gasteiger partial charge in [0, 0.05) is 33.1 Å². The van der Waals surface area contributed by atoms with Crippen LogP contribution < -0.4 is 10.5 Å². The monoisotopic (exact) mass is 340 g/mol. The molecule has 106 valence electrons. The second-order valence-electron chi connectivity index (χ2n) is 3.81. The van der Waals surface area contributed by atoms with E-state index in [9.17, 15) is 8.42 Å². The van der Waals surface area contributed by atoms with E-state index in [2.05, 4.69) is 4.72 Å². The molecule has 0 aliphatic carbocycles. The van der Waals surface area contributed by atoms with E-state index in [0.717, 1.165) is 9.58 Å². The number of thiophene rings is 1. The molecule has 2 aromatic rings. The molecule has 0 atom stereocenters. The molecule has 1 heterocycles. The fraction of sp³-hybridized carbons (Fsp3) is 0.273. The number of rotatable bonds is 4. The van der Waals surface area contributed by atoms with Crippen molar-refractivity contribution in [3.63, 3.8) is 0 Å². The molecule has 0 amide bonds. The lowest BCUT2D eigenvalue weighted by molar-refractivity contribution is 0.583. The minimum Gasteiger partial charge on any atom is -0.329 e. The highest BCUT2D eigenvalue weighted by Crippen LogP contribution is 2.35. The molecular formula is C11H14Cl2N2O2S2. The molecule has 1 aromatic heterocycles. The standard InChI is InChI=1S/C11H13ClN2O2S2.ClH/c1-7-11(18(15,16)14-5-4-13)9-6-8(12)2-3-10(9)17-7;/h2-3,6,14H,4-5,13H2,1H3;1H. The Labute approximate surface area is 127 Å². The Bertz CT molecular complexity index is 683. The van der Waals surface area contributed by atoms with Crippen LogP contribution in [0.3, 0.4) is 0 Å². The molecule has 0 aliphatic rings. The lowest BCUT2D eigenvalue weighted by atomic mass is 10.2. The summed E-state index contributed by atoms with van der Waals surface area (Å²) in [6, 6.07) is 5.26. The van der Waals surface area contributed by atoms with Crippen molar-refractivity contribution >= 4 is 55.5 Å². The van der Waals surface area contributed by atoms with Crippen LogP contribution in [0.5, 0.6) is 0 Å². The van der Waals surface area contributed by atoms with Gasteiger partial charge in [-0.1, -0.05) is 11.6 Å². The minimum atomic E-state index is -3.53. The van der Waals surface area contributed by atoms with Crippen molar-refractivity contribution in [2.45, 2.75) is 11.8 Å². The van der Waals surface area contributed by atoms with Crippen LogP contribution in [0.25, 0.3) is 10.1 Å². The largest absolute Gasteiger partial charge is 0.329 e. The number of hydrogen-bond donors (Lipinski definition) is 2. The molecule has 0 saturated heterocycles. The number of aryl methyl sites for hydroxylation is 1. The first kappa shape index (κ1) is 16.7. The summed E-state index contributed by atoms with van der Waals surface area (Å²) >= 11 is 7.36. The van der Waals surface area contributed by atoms with E-state index in [1.54, 1.807) is 19.1 Å². The molecule has 4 nitrogen and oxygen atoms in total. The maximum Gasteiger partial charge on any atom is 0.242 e. The van der Waals surface area contributed by atoms with Crippen LogP contribution in [0.1, 0.15) is 4.88 Å². The van der Waals surface area contributed by atoms with Gasteiger partial charge in [0.2, 0.25) is 10.0 Å². The van der Waals surface area contributed by atoms with Crippen LogP contribution >= 0.6 is 35.3 Å². The van der Waals surface area contributed by atoms with Gasteiger partial charge in [0.25, 0.3) is 0 Å². The average Bonchev–Trinajstić information content (AvgIpc) is 2.62. The van der Waals surface area contributed by atoms with E-state index >= 15 is 0 Å². The third-order valence-electron chi connectivity index (χ3n) is 2.47. The average molecular weight is 341 g/mol. The highest BCUT2D eigenvalue weighted by atomic mass is 35.5. The number of halogens is 2. The number of nitrogens with two attached hydrogens (primary N) is 1. The van der Waals surface area contributed by atoms with Gasteiger partial charge in [-0.2, -0.15) is 0 Å². The lowest BCUT2D eigenvalue weighted by Gasteiger charge is -2.05. The smallest absolute Gasteiger partial charge is 0.242 e. The number of hydrogen-bond acceptors (Lipinski definition) is 4. The number of nitrogens with one attached hydrogen (secondary N) is 1. The summed E-state index contributed by atoms with van der Waals surface area (Å²) in [6.07, 6.45) is 0. The van der Waals surface area contributed by atoms with Crippen molar-refractivity contribution in [2.24, 2.45) is 5.73 Å². The van der Waals surface area contributed by atoms with Gasteiger partial charge in [0.15, 0.2) is 0 Å². The topological polar surface area (TPSA) is 72.2 Å². The molecule has 0 bridgehead atoms. The lowest BCUT2D eigenvalue weighted by Crippen LogP contribution is -2.29. The van der Waals surface area contributed by atoms with Crippen LogP contribution in [-0.2, 0) is 10.0 Å². The van der Waals surface area contributed by atoms with E-state index in [4.69, 9.17) is 17.3 Å². The van der Waals surface area contributed by atoms with Crippen molar-refractivity contribution in [3.05, 3.63) is 28.1 Å². The first-order chi connectivity index (χ1) is 8.45. The fourth-order valence-corrected chi connectivity index (χ4v) is 4.77. The summed E-state index contributed by atoms with van der Waals surface area (Å²) in [5, 5.41) is 1.19. The second kappa shape index (κ2) is 6.39. The molecule has 0 saturated carbocycles. The van der Waals surface area contributed by atoms with Crippen molar-refractivity contribution in [2.75, 3.05) is 13.1 Å². The fourth-order valence-electron chi connectivity index (χ4n) is 1.77. The molecule has 0 unspecified atom stereocenters. The summed E-state index contributed by atoms with van der Waals surface area (Å²) in [7, 11) is -3.53. The van der Waals surface area contributed by atoms with Crippen molar-refractivity contribution < 1.29 is 8.42 Å². The zero-order valence-corrected chi connectivity index (χ0v) is 13.3. The van der Waals surface area contributed by atoms with Gasteiger partial charge < -0.3 is 5.73 Å².